The fraction of sp³-hybridized carbons (Fsp3) is 0.692. The molecule has 4 nitrogen and oxygen atoms in total. The van der Waals surface area contributed by atoms with Crippen LogP contribution in [0.1, 0.15) is 31.7 Å². The molecule has 0 saturated carbocycles. The molecule has 0 spiro atoms. The molecule has 17 heavy (non-hydrogen) atoms. The summed E-state index contributed by atoms with van der Waals surface area (Å²) in [5.74, 6) is 2.35. The van der Waals surface area contributed by atoms with Crippen molar-refractivity contribution in [2.75, 3.05) is 18.0 Å². The predicted octanol–water partition coefficient (Wildman–Crippen LogP) is 1.73. The molecule has 0 amide bonds. The fourth-order valence-corrected chi connectivity index (χ4v) is 2.31. The van der Waals surface area contributed by atoms with Crippen LogP contribution in [0.3, 0.4) is 0 Å². The Morgan fingerprint density at radius 2 is 2.12 bits per heavy atom. The molecule has 1 aliphatic rings. The van der Waals surface area contributed by atoms with Gasteiger partial charge < -0.3 is 10.6 Å². The smallest absolute Gasteiger partial charge is 0.225 e. The maximum atomic E-state index is 5.66. The molecule has 2 atom stereocenters. The first kappa shape index (κ1) is 12.3. The topological polar surface area (TPSA) is 55.0 Å². The summed E-state index contributed by atoms with van der Waals surface area (Å²) in [4.78, 5) is 11.3. The number of anilines is 1. The van der Waals surface area contributed by atoms with Crippen molar-refractivity contribution in [3.05, 3.63) is 17.5 Å². The maximum Gasteiger partial charge on any atom is 0.225 e. The normalized spacial score (nSPS) is 25.1. The SMILES string of the molecule is Cc1cc(CN)nc(N2CCC(C)C(C)C2)n1. The number of rotatable bonds is 2. The van der Waals surface area contributed by atoms with Crippen LogP contribution >= 0.6 is 0 Å². The van der Waals surface area contributed by atoms with Crippen LogP contribution in [0, 0.1) is 18.8 Å². The Kier molecular flexibility index (Phi) is 3.62. The van der Waals surface area contributed by atoms with Crippen molar-refractivity contribution >= 4 is 5.95 Å². The van der Waals surface area contributed by atoms with Crippen molar-refractivity contribution in [3.63, 3.8) is 0 Å². The van der Waals surface area contributed by atoms with Crippen LogP contribution < -0.4 is 10.6 Å². The van der Waals surface area contributed by atoms with Crippen molar-refractivity contribution in [1.82, 2.24) is 9.97 Å². The highest BCUT2D eigenvalue weighted by Crippen LogP contribution is 2.25. The molecule has 0 bridgehead atoms. The lowest BCUT2D eigenvalue weighted by Crippen LogP contribution is -2.39. The van der Waals surface area contributed by atoms with E-state index < -0.39 is 0 Å². The Bertz CT molecular complexity index is 391. The van der Waals surface area contributed by atoms with Gasteiger partial charge in [0.1, 0.15) is 0 Å². The summed E-state index contributed by atoms with van der Waals surface area (Å²) in [7, 11) is 0. The van der Waals surface area contributed by atoms with E-state index in [4.69, 9.17) is 5.73 Å². The van der Waals surface area contributed by atoms with Gasteiger partial charge in [-0.1, -0.05) is 13.8 Å². The molecule has 0 aromatic carbocycles. The number of aromatic nitrogens is 2. The average Bonchev–Trinajstić information content (AvgIpc) is 2.32. The largest absolute Gasteiger partial charge is 0.341 e. The fourth-order valence-electron chi connectivity index (χ4n) is 2.31. The van der Waals surface area contributed by atoms with Crippen LogP contribution in [-0.4, -0.2) is 23.1 Å². The number of hydrogen-bond acceptors (Lipinski definition) is 4. The van der Waals surface area contributed by atoms with Crippen LogP contribution in [0.5, 0.6) is 0 Å². The van der Waals surface area contributed by atoms with Gasteiger partial charge in [0, 0.05) is 25.3 Å². The average molecular weight is 234 g/mol. The molecule has 2 unspecified atom stereocenters. The van der Waals surface area contributed by atoms with Crippen molar-refractivity contribution in [1.29, 1.82) is 0 Å². The van der Waals surface area contributed by atoms with Crippen molar-refractivity contribution in [2.24, 2.45) is 17.6 Å². The van der Waals surface area contributed by atoms with Gasteiger partial charge in [0.05, 0.1) is 5.69 Å². The van der Waals surface area contributed by atoms with Gasteiger partial charge in [-0.05, 0) is 31.2 Å². The Morgan fingerprint density at radius 3 is 2.76 bits per heavy atom. The summed E-state index contributed by atoms with van der Waals surface area (Å²) >= 11 is 0. The summed E-state index contributed by atoms with van der Waals surface area (Å²) in [5.41, 5.74) is 7.59. The van der Waals surface area contributed by atoms with Crippen LogP contribution in [0.25, 0.3) is 0 Å². The maximum absolute atomic E-state index is 5.66. The molecular formula is C13H22N4. The highest BCUT2D eigenvalue weighted by atomic mass is 15.3. The Hall–Kier alpha value is -1.16. The minimum absolute atomic E-state index is 0.482. The van der Waals surface area contributed by atoms with Gasteiger partial charge in [-0.3, -0.25) is 0 Å². The summed E-state index contributed by atoms with van der Waals surface area (Å²) in [5, 5.41) is 0. The zero-order chi connectivity index (χ0) is 12.4. The second-order valence-electron chi connectivity index (χ2n) is 5.19. The molecule has 94 valence electrons. The van der Waals surface area contributed by atoms with E-state index in [0.717, 1.165) is 36.3 Å². The van der Waals surface area contributed by atoms with E-state index in [1.165, 1.54) is 6.42 Å². The molecule has 1 aromatic rings. The molecule has 2 heterocycles. The van der Waals surface area contributed by atoms with Crippen LogP contribution in [0.2, 0.25) is 0 Å². The quantitative estimate of drug-likeness (QED) is 0.846. The number of aryl methyl sites for hydroxylation is 1. The first-order chi connectivity index (χ1) is 8.10. The van der Waals surface area contributed by atoms with Crippen molar-refractivity contribution < 1.29 is 0 Å². The molecule has 1 aliphatic heterocycles. The molecule has 0 radical (unpaired) electrons. The molecular weight excluding hydrogens is 212 g/mol. The molecule has 2 rings (SSSR count). The van der Waals surface area contributed by atoms with Gasteiger partial charge in [-0.2, -0.15) is 0 Å². The number of nitrogens with zero attached hydrogens (tertiary/aromatic N) is 3. The highest BCUT2D eigenvalue weighted by molar-refractivity contribution is 5.33. The van der Waals surface area contributed by atoms with Gasteiger partial charge >= 0.3 is 0 Å². The first-order valence-corrected chi connectivity index (χ1v) is 6.39. The second-order valence-corrected chi connectivity index (χ2v) is 5.19. The number of hydrogen-bond donors (Lipinski definition) is 1. The van der Waals surface area contributed by atoms with Gasteiger partial charge in [-0.25, -0.2) is 9.97 Å². The number of nitrogens with two attached hydrogens (primary N) is 1. The predicted molar refractivity (Wildman–Crippen MR) is 69.8 cm³/mol. The Balaban J connectivity index is 2.19. The molecule has 2 N–H and O–H groups in total. The van der Waals surface area contributed by atoms with E-state index in [1.807, 2.05) is 13.0 Å². The van der Waals surface area contributed by atoms with E-state index in [0.29, 0.717) is 12.5 Å². The lowest BCUT2D eigenvalue weighted by Gasteiger charge is -2.35. The minimum atomic E-state index is 0.482. The summed E-state index contributed by atoms with van der Waals surface area (Å²) < 4.78 is 0. The standard InChI is InChI=1S/C13H22N4/c1-9-4-5-17(8-10(9)2)13-15-11(3)6-12(7-14)16-13/h6,9-10H,4-5,7-8,14H2,1-3H3. The van der Waals surface area contributed by atoms with Gasteiger partial charge in [0.15, 0.2) is 0 Å². The third-order valence-electron chi connectivity index (χ3n) is 3.72. The summed E-state index contributed by atoms with van der Waals surface area (Å²) in [6, 6.07) is 1.96. The Labute approximate surface area is 103 Å². The van der Waals surface area contributed by atoms with Gasteiger partial charge in [-0.15, -0.1) is 0 Å². The van der Waals surface area contributed by atoms with E-state index in [9.17, 15) is 0 Å². The molecule has 4 heteroatoms. The number of piperidine rings is 1. The van der Waals surface area contributed by atoms with Crippen molar-refractivity contribution in [3.8, 4) is 0 Å². The third kappa shape index (κ3) is 2.75. The zero-order valence-electron chi connectivity index (χ0n) is 11.0. The van der Waals surface area contributed by atoms with E-state index in [1.54, 1.807) is 0 Å². The van der Waals surface area contributed by atoms with Crippen molar-refractivity contribution in [2.45, 2.75) is 33.7 Å². The lowest BCUT2D eigenvalue weighted by molar-refractivity contribution is 0.321. The van der Waals surface area contributed by atoms with Crippen LogP contribution in [0.4, 0.5) is 5.95 Å². The van der Waals surface area contributed by atoms with Gasteiger partial charge in [0.2, 0.25) is 5.95 Å². The molecule has 0 aliphatic carbocycles. The Morgan fingerprint density at radius 1 is 1.35 bits per heavy atom. The minimum Gasteiger partial charge on any atom is -0.341 e. The van der Waals surface area contributed by atoms with E-state index >= 15 is 0 Å². The first-order valence-electron chi connectivity index (χ1n) is 6.39. The monoisotopic (exact) mass is 234 g/mol. The van der Waals surface area contributed by atoms with E-state index in [-0.39, 0.29) is 0 Å². The second kappa shape index (κ2) is 5.00. The van der Waals surface area contributed by atoms with Gasteiger partial charge in [0.25, 0.3) is 0 Å². The van der Waals surface area contributed by atoms with Crippen LogP contribution in [0.15, 0.2) is 6.07 Å². The molecule has 1 fully saturated rings. The molecule has 1 aromatic heterocycles. The highest BCUT2D eigenvalue weighted by Gasteiger charge is 2.24. The van der Waals surface area contributed by atoms with E-state index in [2.05, 4.69) is 28.7 Å². The summed E-state index contributed by atoms with van der Waals surface area (Å²) in [6.45, 7) is 9.21. The zero-order valence-corrected chi connectivity index (χ0v) is 11.0. The molecule has 1 saturated heterocycles. The lowest BCUT2D eigenvalue weighted by atomic mass is 9.89. The summed E-state index contributed by atoms with van der Waals surface area (Å²) in [6.07, 6.45) is 1.22. The van der Waals surface area contributed by atoms with Crippen LogP contribution in [-0.2, 0) is 6.54 Å². The third-order valence-corrected chi connectivity index (χ3v) is 3.72.